The summed E-state index contributed by atoms with van der Waals surface area (Å²) in [5, 5.41) is 0. The lowest BCUT2D eigenvalue weighted by Crippen LogP contribution is -2.04. The van der Waals surface area contributed by atoms with E-state index in [0.29, 0.717) is 22.8 Å². The highest BCUT2D eigenvalue weighted by Gasteiger charge is 2.14. The van der Waals surface area contributed by atoms with Gasteiger partial charge < -0.3 is 18.9 Å². The summed E-state index contributed by atoms with van der Waals surface area (Å²) in [5.74, 6) is 1.14. The number of esters is 1. The van der Waals surface area contributed by atoms with E-state index < -0.39 is 5.97 Å². The van der Waals surface area contributed by atoms with Gasteiger partial charge in [-0.3, -0.25) is 0 Å². The fourth-order valence-corrected chi connectivity index (χ4v) is 2.51. The van der Waals surface area contributed by atoms with Gasteiger partial charge in [0.25, 0.3) is 0 Å². The molecule has 0 saturated carbocycles. The third-order valence-corrected chi connectivity index (χ3v) is 3.81. The molecule has 0 atom stereocenters. The molecule has 0 aliphatic rings. The largest absolute Gasteiger partial charge is 0.503 e. The number of hydrogen-bond acceptors (Lipinski definition) is 7. The summed E-state index contributed by atoms with van der Waals surface area (Å²) in [4.78, 5) is 20.3. The van der Waals surface area contributed by atoms with Crippen LogP contribution in [0.4, 0.5) is 0 Å². The SMILES string of the molecule is CO/C=C(/C(=O)OC)c1cccc(Oc2cccc(Oc3nccc(C)n3)c2)c1. The van der Waals surface area contributed by atoms with E-state index in [1.807, 2.05) is 6.92 Å². The second-order valence-corrected chi connectivity index (χ2v) is 5.95. The normalized spacial score (nSPS) is 10.9. The number of methoxy groups -OCH3 is 2. The fourth-order valence-electron chi connectivity index (χ4n) is 2.51. The van der Waals surface area contributed by atoms with E-state index >= 15 is 0 Å². The van der Waals surface area contributed by atoms with Gasteiger partial charge in [0.05, 0.1) is 20.5 Å². The molecule has 0 bridgehead atoms. The molecule has 0 radical (unpaired) electrons. The van der Waals surface area contributed by atoms with E-state index in [9.17, 15) is 4.79 Å². The van der Waals surface area contributed by atoms with Crippen LogP contribution in [0.1, 0.15) is 11.3 Å². The maximum Gasteiger partial charge on any atom is 0.341 e. The maximum atomic E-state index is 12.0. The molecule has 148 valence electrons. The van der Waals surface area contributed by atoms with Crippen LogP contribution in [0.15, 0.2) is 67.1 Å². The first-order valence-corrected chi connectivity index (χ1v) is 8.76. The second kappa shape index (κ2) is 9.36. The van der Waals surface area contributed by atoms with Crippen molar-refractivity contribution >= 4 is 11.5 Å². The van der Waals surface area contributed by atoms with Crippen LogP contribution in [0.3, 0.4) is 0 Å². The molecule has 0 saturated heterocycles. The van der Waals surface area contributed by atoms with Crippen LogP contribution < -0.4 is 9.47 Å². The molecule has 29 heavy (non-hydrogen) atoms. The van der Waals surface area contributed by atoms with Gasteiger partial charge in [-0.05, 0) is 42.8 Å². The predicted molar refractivity (Wildman–Crippen MR) is 107 cm³/mol. The monoisotopic (exact) mass is 392 g/mol. The van der Waals surface area contributed by atoms with E-state index in [2.05, 4.69) is 9.97 Å². The Hall–Kier alpha value is -3.87. The summed E-state index contributed by atoms with van der Waals surface area (Å²) in [5.41, 5.74) is 1.70. The Bertz CT molecular complexity index is 1030. The van der Waals surface area contributed by atoms with Crippen molar-refractivity contribution in [3.8, 4) is 23.3 Å². The highest BCUT2D eigenvalue weighted by Crippen LogP contribution is 2.29. The molecule has 3 aromatic rings. The van der Waals surface area contributed by atoms with Crippen molar-refractivity contribution in [2.24, 2.45) is 0 Å². The number of ether oxygens (including phenoxy) is 4. The van der Waals surface area contributed by atoms with Gasteiger partial charge in [0.15, 0.2) is 0 Å². The molecule has 7 nitrogen and oxygen atoms in total. The van der Waals surface area contributed by atoms with Crippen molar-refractivity contribution < 1.29 is 23.7 Å². The quantitative estimate of drug-likeness (QED) is 0.332. The van der Waals surface area contributed by atoms with Crippen molar-refractivity contribution in [2.45, 2.75) is 6.92 Å². The van der Waals surface area contributed by atoms with Gasteiger partial charge in [0.1, 0.15) is 22.8 Å². The van der Waals surface area contributed by atoms with E-state index in [-0.39, 0.29) is 11.6 Å². The summed E-state index contributed by atoms with van der Waals surface area (Å²) in [7, 11) is 2.78. The zero-order valence-electron chi connectivity index (χ0n) is 16.3. The molecule has 0 aliphatic heterocycles. The minimum absolute atomic E-state index is 0.261. The summed E-state index contributed by atoms with van der Waals surface area (Å²) in [6.07, 6.45) is 2.97. The van der Waals surface area contributed by atoms with Gasteiger partial charge in [-0.2, -0.15) is 0 Å². The van der Waals surface area contributed by atoms with Gasteiger partial charge in [-0.1, -0.05) is 18.2 Å². The van der Waals surface area contributed by atoms with Crippen LogP contribution in [0.5, 0.6) is 23.3 Å². The molecule has 0 unspecified atom stereocenters. The molecule has 0 amide bonds. The van der Waals surface area contributed by atoms with Crippen molar-refractivity contribution in [3.63, 3.8) is 0 Å². The van der Waals surface area contributed by atoms with Crippen molar-refractivity contribution in [1.82, 2.24) is 9.97 Å². The summed E-state index contributed by atoms with van der Waals surface area (Å²) < 4.78 is 21.4. The molecule has 2 aromatic carbocycles. The smallest absolute Gasteiger partial charge is 0.341 e. The first-order chi connectivity index (χ1) is 14.1. The Kier molecular flexibility index (Phi) is 6.42. The number of hydrogen-bond donors (Lipinski definition) is 0. The average Bonchev–Trinajstić information content (AvgIpc) is 2.72. The Morgan fingerprint density at radius 3 is 2.31 bits per heavy atom. The lowest BCUT2D eigenvalue weighted by Gasteiger charge is -2.10. The van der Waals surface area contributed by atoms with Crippen molar-refractivity contribution in [3.05, 3.63) is 78.3 Å². The molecule has 3 rings (SSSR count). The molecule has 0 N–H and O–H groups in total. The number of aryl methyl sites for hydroxylation is 1. The van der Waals surface area contributed by atoms with Gasteiger partial charge in [-0.25, -0.2) is 14.8 Å². The Balaban J connectivity index is 1.80. The highest BCUT2D eigenvalue weighted by atomic mass is 16.5. The zero-order valence-corrected chi connectivity index (χ0v) is 16.3. The Morgan fingerprint density at radius 1 is 0.931 bits per heavy atom. The molecular weight excluding hydrogens is 372 g/mol. The van der Waals surface area contributed by atoms with Crippen molar-refractivity contribution in [1.29, 1.82) is 0 Å². The third-order valence-electron chi connectivity index (χ3n) is 3.81. The number of nitrogens with zero attached hydrogens (tertiary/aromatic N) is 2. The molecule has 1 heterocycles. The van der Waals surface area contributed by atoms with Crippen LogP contribution in [0.25, 0.3) is 5.57 Å². The number of aromatic nitrogens is 2. The Morgan fingerprint density at radius 2 is 1.62 bits per heavy atom. The molecule has 0 aliphatic carbocycles. The molecule has 0 spiro atoms. The van der Waals surface area contributed by atoms with Crippen LogP contribution >= 0.6 is 0 Å². The topological polar surface area (TPSA) is 79.8 Å². The Labute approximate surface area is 168 Å². The third kappa shape index (κ3) is 5.32. The number of carbonyl (C=O) groups is 1. The zero-order chi connectivity index (χ0) is 20.6. The predicted octanol–water partition coefficient (Wildman–Crippen LogP) is 4.53. The lowest BCUT2D eigenvalue weighted by molar-refractivity contribution is -0.133. The maximum absolute atomic E-state index is 12.0. The first kappa shape index (κ1) is 19.9. The van der Waals surface area contributed by atoms with Crippen LogP contribution in [-0.2, 0) is 14.3 Å². The standard InChI is InChI=1S/C22H20N2O5/c1-15-10-11-23-22(24-15)29-19-9-5-8-18(13-19)28-17-7-4-6-16(12-17)20(14-26-2)21(25)27-3/h4-14H,1-3H3/b20-14+. The summed E-state index contributed by atoms with van der Waals surface area (Å²) in [6.45, 7) is 1.86. The number of carbonyl (C=O) groups excluding carboxylic acids is 1. The highest BCUT2D eigenvalue weighted by molar-refractivity contribution is 6.16. The molecule has 7 heteroatoms. The van der Waals surface area contributed by atoms with Gasteiger partial charge in [0.2, 0.25) is 0 Å². The van der Waals surface area contributed by atoms with Gasteiger partial charge in [0, 0.05) is 18.0 Å². The van der Waals surface area contributed by atoms with E-state index in [4.69, 9.17) is 18.9 Å². The van der Waals surface area contributed by atoms with E-state index in [1.165, 1.54) is 20.5 Å². The van der Waals surface area contributed by atoms with Crippen LogP contribution in [-0.4, -0.2) is 30.2 Å². The lowest BCUT2D eigenvalue weighted by atomic mass is 10.1. The summed E-state index contributed by atoms with van der Waals surface area (Å²) >= 11 is 0. The van der Waals surface area contributed by atoms with E-state index in [0.717, 1.165) is 5.69 Å². The molecule has 0 fully saturated rings. The molecule has 1 aromatic heterocycles. The van der Waals surface area contributed by atoms with E-state index in [1.54, 1.807) is 60.8 Å². The second-order valence-electron chi connectivity index (χ2n) is 5.95. The minimum Gasteiger partial charge on any atom is -0.503 e. The van der Waals surface area contributed by atoms with Crippen LogP contribution in [0.2, 0.25) is 0 Å². The fraction of sp³-hybridized carbons (Fsp3) is 0.136. The summed E-state index contributed by atoms with van der Waals surface area (Å²) in [6, 6.07) is 16.2. The number of rotatable bonds is 7. The minimum atomic E-state index is -0.502. The van der Waals surface area contributed by atoms with Gasteiger partial charge in [-0.15, -0.1) is 0 Å². The first-order valence-electron chi connectivity index (χ1n) is 8.76. The van der Waals surface area contributed by atoms with Gasteiger partial charge >= 0.3 is 12.0 Å². The molecular formula is C22H20N2O5. The average molecular weight is 392 g/mol. The van der Waals surface area contributed by atoms with Crippen molar-refractivity contribution in [2.75, 3.05) is 14.2 Å². The van der Waals surface area contributed by atoms with Crippen LogP contribution in [0, 0.1) is 6.92 Å². The number of benzene rings is 2.